The molecule has 7 nitrogen and oxygen atoms in total. The number of rotatable bonds is 9. The van der Waals surface area contributed by atoms with E-state index in [1.807, 2.05) is 13.8 Å². The summed E-state index contributed by atoms with van der Waals surface area (Å²) >= 11 is 1.30. The van der Waals surface area contributed by atoms with Gasteiger partial charge in [-0.05, 0) is 17.4 Å². The van der Waals surface area contributed by atoms with E-state index in [0.717, 1.165) is 0 Å². The summed E-state index contributed by atoms with van der Waals surface area (Å²) in [6.45, 7) is 3.55. The molecule has 0 saturated heterocycles. The highest BCUT2D eigenvalue weighted by Gasteiger charge is 2.24. The first kappa shape index (κ1) is 18.1. The topological polar surface area (TPSA) is 105 Å². The predicted octanol–water partition coefficient (Wildman–Crippen LogP) is 0.720. The van der Waals surface area contributed by atoms with E-state index >= 15 is 0 Å². The summed E-state index contributed by atoms with van der Waals surface area (Å²) in [5, 5.41) is 15.5. The molecule has 1 aromatic heterocycles. The van der Waals surface area contributed by atoms with E-state index in [1.54, 1.807) is 17.5 Å². The molecule has 122 valence electrons. The first-order valence-electron chi connectivity index (χ1n) is 6.83. The Hall–Kier alpha value is -1.93. The van der Waals surface area contributed by atoms with Crippen molar-refractivity contribution in [1.29, 1.82) is 0 Å². The standard InChI is InChI=1S/C14H20N2O5S/c1-9(2)12(16-13(19)10-4-3-7-22-10)14(20)15-5-6-21-8-11(17)18/h3-4,7,9,12H,5-6,8H2,1-2H3,(H,15,20)(H,16,19)(H,17,18). The molecule has 0 spiro atoms. The van der Waals surface area contributed by atoms with Crippen molar-refractivity contribution in [2.24, 2.45) is 5.92 Å². The molecule has 3 N–H and O–H groups in total. The molecule has 0 aliphatic rings. The van der Waals surface area contributed by atoms with Crippen LogP contribution in [0.4, 0.5) is 0 Å². The summed E-state index contributed by atoms with van der Waals surface area (Å²) in [6, 6.07) is 2.80. The van der Waals surface area contributed by atoms with Gasteiger partial charge in [-0.25, -0.2) is 4.79 Å². The van der Waals surface area contributed by atoms with Gasteiger partial charge in [0.25, 0.3) is 5.91 Å². The first-order valence-corrected chi connectivity index (χ1v) is 7.71. The molecule has 0 saturated carbocycles. The Morgan fingerprint density at radius 3 is 2.64 bits per heavy atom. The van der Waals surface area contributed by atoms with Crippen molar-refractivity contribution in [3.8, 4) is 0 Å². The van der Waals surface area contributed by atoms with Gasteiger partial charge in [0.15, 0.2) is 0 Å². The van der Waals surface area contributed by atoms with Crippen LogP contribution in [0.25, 0.3) is 0 Å². The Kier molecular flexibility index (Phi) is 7.55. The largest absolute Gasteiger partial charge is 0.480 e. The maximum atomic E-state index is 12.1. The van der Waals surface area contributed by atoms with E-state index in [1.165, 1.54) is 11.3 Å². The fourth-order valence-electron chi connectivity index (χ4n) is 1.67. The van der Waals surface area contributed by atoms with Gasteiger partial charge in [0.2, 0.25) is 5.91 Å². The molecule has 22 heavy (non-hydrogen) atoms. The van der Waals surface area contributed by atoms with Crippen LogP contribution in [0, 0.1) is 5.92 Å². The number of carbonyl (C=O) groups is 3. The first-order chi connectivity index (χ1) is 10.4. The van der Waals surface area contributed by atoms with E-state index in [9.17, 15) is 14.4 Å². The van der Waals surface area contributed by atoms with Crippen molar-refractivity contribution in [1.82, 2.24) is 10.6 Å². The van der Waals surface area contributed by atoms with Crippen molar-refractivity contribution in [3.05, 3.63) is 22.4 Å². The van der Waals surface area contributed by atoms with Gasteiger partial charge in [-0.1, -0.05) is 19.9 Å². The lowest BCUT2D eigenvalue weighted by molar-refractivity contribution is -0.142. The number of hydrogen-bond donors (Lipinski definition) is 3. The minimum Gasteiger partial charge on any atom is -0.480 e. The van der Waals surface area contributed by atoms with Crippen LogP contribution in [-0.4, -0.2) is 48.7 Å². The molecule has 0 fully saturated rings. The van der Waals surface area contributed by atoms with Gasteiger partial charge in [0.1, 0.15) is 12.6 Å². The van der Waals surface area contributed by atoms with Crippen molar-refractivity contribution in [2.75, 3.05) is 19.8 Å². The monoisotopic (exact) mass is 328 g/mol. The van der Waals surface area contributed by atoms with E-state index in [0.29, 0.717) is 4.88 Å². The zero-order chi connectivity index (χ0) is 16.5. The molecular formula is C14H20N2O5S. The minimum absolute atomic E-state index is 0.0798. The number of carbonyl (C=O) groups excluding carboxylic acids is 2. The fraction of sp³-hybridized carbons (Fsp3) is 0.500. The second-order valence-corrected chi connectivity index (χ2v) is 5.86. The highest BCUT2D eigenvalue weighted by molar-refractivity contribution is 7.12. The third-order valence-electron chi connectivity index (χ3n) is 2.75. The van der Waals surface area contributed by atoms with Crippen molar-refractivity contribution in [3.63, 3.8) is 0 Å². The summed E-state index contributed by atoms with van der Waals surface area (Å²) in [6.07, 6.45) is 0. The SMILES string of the molecule is CC(C)C(NC(=O)c1cccs1)C(=O)NCCOCC(=O)O. The highest BCUT2D eigenvalue weighted by Crippen LogP contribution is 2.10. The second kappa shape index (κ2) is 9.16. The lowest BCUT2D eigenvalue weighted by atomic mass is 10.0. The van der Waals surface area contributed by atoms with Crippen LogP contribution in [0.5, 0.6) is 0 Å². The molecule has 1 heterocycles. The van der Waals surface area contributed by atoms with Gasteiger partial charge in [-0.15, -0.1) is 11.3 Å². The Balaban J connectivity index is 2.43. The number of carboxylic acids is 1. The lowest BCUT2D eigenvalue weighted by Gasteiger charge is -2.21. The Morgan fingerprint density at radius 1 is 1.36 bits per heavy atom. The van der Waals surface area contributed by atoms with Crippen molar-refractivity contribution in [2.45, 2.75) is 19.9 Å². The number of carboxylic acid groups (broad SMARTS) is 1. The molecule has 2 amide bonds. The van der Waals surface area contributed by atoms with Gasteiger partial charge >= 0.3 is 5.97 Å². The maximum Gasteiger partial charge on any atom is 0.329 e. The van der Waals surface area contributed by atoms with Gasteiger partial charge in [-0.2, -0.15) is 0 Å². The Labute approximate surface area is 132 Å². The molecule has 0 radical (unpaired) electrons. The van der Waals surface area contributed by atoms with Crippen LogP contribution in [0.1, 0.15) is 23.5 Å². The Morgan fingerprint density at radius 2 is 2.09 bits per heavy atom. The summed E-state index contributed by atoms with van der Waals surface area (Å²) in [4.78, 5) is 34.9. The number of hydrogen-bond acceptors (Lipinski definition) is 5. The van der Waals surface area contributed by atoms with Crippen LogP contribution in [0.15, 0.2) is 17.5 Å². The zero-order valence-corrected chi connectivity index (χ0v) is 13.3. The van der Waals surface area contributed by atoms with E-state index in [4.69, 9.17) is 9.84 Å². The average molecular weight is 328 g/mol. The summed E-state index contributed by atoms with van der Waals surface area (Å²) < 4.78 is 4.83. The van der Waals surface area contributed by atoms with Crippen LogP contribution < -0.4 is 10.6 Å². The van der Waals surface area contributed by atoms with E-state index in [-0.39, 0.29) is 30.9 Å². The number of ether oxygens (including phenoxy) is 1. The molecule has 0 aliphatic heterocycles. The van der Waals surface area contributed by atoms with Crippen LogP contribution in [0.2, 0.25) is 0 Å². The zero-order valence-electron chi connectivity index (χ0n) is 12.5. The molecule has 0 aliphatic carbocycles. The molecule has 1 aromatic rings. The van der Waals surface area contributed by atoms with Gasteiger partial charge < -0.3 is 20.5 Å². The van der Waals surface area contributed by atoms with Crippen LogP contribution >= 0.6 is 11.3 Å². The molecule has 0 bridgehead atoms. The average Bonchev–Trinajstić information content (AvgIpc) is 2.97. The quantitative estimate of drug-likeness (QED) is 0.579. The van der Waals surface area contributed by atoms with E-state index in [2.05, 4.69) is 10.6 Å². The molecule has 1 rings (SSSR count). The van der Waals surface area contributed by atoms with Gasteiger partial charge in [-0.3, -0.25) is 9.59 Å². The smallest absolute Gasteiger partial charge is 0.329 e. The van der Waals surface area contributed by atoms with Gasteiger partial charge in [0.05, 0.1) is 11.5 Å². The minimum atomic E-state index is -1.06. The van der Waals surface area contributed by atoms with Crippen LogP contribution in [-0.2, 0) is 14.3 Å². The normalized spacial score (nSPS) is 12.0. The lowest BCUT2D eigenvalue weighted by Crippen LogP contribution is -2.50. The summed E-state index contributed by atoms with van der Waals surface area (Å²) in [5.74, 6) is -1.75. The fourth-order valence-corrected chi connectivity index (χ4v) is 2.30. The molecule has 8 heteroatoms. The number of nitrogens with one attached hydrogen (secondary N) is 2. The number of amides is 2. The molecule has 0 aromatic carbocycles. The van der Waals surface area contributed by atoms with Gasteiger partial charge in [0, 0.05) is 6.54 Å². The second-order valence-electron chi connectivity index (χ2n) is 4.91. The number of thiophene rings is 1. The van der Waals surface area contributed by atoms with E-state index < -0.39 is 18.6 Å². The Bertz CT molecular complexity index is 501. The van der Waals surface area contributed by atoms with Crippen LogP contribution in [0.3, 0.4) is 0 Å². The predicted molar refractivity (Wildman–Crippen MR) is 81.9 cm³/mol. The third-order valence-corrected chi connectivity index (χ3v) is 3.62. The summed E-state index contributed by atoms with van der Waals surface area (Å²) in [7, 11) is 0. The molecular weight excluding hydrogens is 308 g/mol. The third kappa shape index (κ3) is 6.23. The summed E-state index contributed by atoms with van der Waals surface area (Å²) in [5.41, 5.74) is 0. The maximum absolute atomic E-state index is 12.1. The number of aliphatic carboxylic acids is 1. The molecule has 1 atom stereocenters. The van der Waals surface area contributed by atoms with Crippen molar-refractivity contribution < 1.29 is 24.2 Å². The molecule has 1 unspecified atom stereocenters. The van der Waals surface area contributed by atoms with Crippen molar-refractivity contribution >= 4 is 29.1 Å². The highest BCUT2D eigenvalue weighted by atomic mass is 32.1.